The number of unbranched alkanes of at least 4 members (excludes halogenated alkanes) is 1. The fraction of sp³-hybridized carbons (Fsp3) is 0.387. The molecular weight excluding hydrogens is 512 g/mol. The van der Waals surface area contributed by atoms with E-state index in [4.69, 9.17) is 5.73 Å². The van der Waals surface area contributed by atoms with Crippen LogP contribution < -0.4 is 10.6 Å². The molecule has 0 aromatic heterocycles. The van der Waals surface area contributed by atoms with Gasteiger partial charge in [-0.05, 0) is 54.4 Å². The number of aliphatic hydroxyl groups excluding tert-OH is 2. The van der Waals surface area contributed by atoms with Gasteiger partial charge in [0.15, 0.2) is 11.4 Å². The second-order valence-electron chi connectivity index (χ2n) is 11.2. The molecule has 6 N–H and O–H groups in total. The summed E-state index contributed by atoms with van der Waals surface area (Å²) in [5.74, 6) is -6.34. The van der Waals surface area contributed by atoms with Crippen molar-refractivity contribution in [1.82, 2.24) is 0 Å². The van der Waals surface area contributed by atoms with Gasteiger partial charge >= 0.3 is 0 Å². The van der Waals surface area contributed by atoms with Gasteiger partial charge in [-0.15, -0.1) is 0 Å². The third-order valence-corrected chi connectivity index (χ3v) is 8.61. The number of primary amides is 1. The number of phenolic OH excluding ortho intramolecular Hbond substituents is 1. The van der Waals surface area contributed by atoms with Crippen molar-refractivity contribution in [2.24, 2.45) is 17.6 Å². The molecule has 0 aliphatic heterocycles. The van der Waals surface area contributed by atoms with E-state index in [1.165, 1.54) is 5.56 Å². The first-order chi connectivity index (χ1) is 18.9. The number of aromatic hydroxyl groups is 1. The number of carbonyl (C=O) groups is 3. The summed E-state index contributed by atoms with van der Waals surface area (Å²) in [5.41, 5.74) is 5.58. The van der Waals surface area contributed by atoms with Gasteiger partial charge in [0.1, 0.15) is 22.8 Å². The van der Waals surface area contributed by atoms with Crippen molar-refractivity contribution in [1.29, 1.82) is 0 Å². The molecule has 2 aromatic carbocycles. The normalized spacial score (nSPS) is 24.0. The number of carbonyl (C=O) groups excluding carboxylic acids is 3. The van der Waals surface area contributed by atoms with Crippen LogP contribution in [-0.2, 0) is 27.2 Å². The quantitative estimate of drug-likeness (QED) is 0.344. The summed E-state index contributed by atoms with van der Waals surface area (Å²) >= 11 is 0. The number of amides is 1. The number of rotatable bonds is 6. The maximum absolute atomic E-state index is 13.8. The number of fused-ring (bicyclic) bond motifs is 3. The first-order valence-corrected chi connectivity index (χ1v) is 13.5. The van der Waals surface area contributed by atoms with Gasteiger partial charge in [0, 0.05) is 43.3 Å². The third kappa shape index (κ3) is 3.99. The van der Waals surface area contributed by atoms with Crippen molar-refractivity contribution < 1.29 is 34.8 Å². The molecule has 3 atom stereocenters. The van der Waals surface area contributed by atoms with Gasteiger partial charge in [0.05, 0.1) is 5.56 Å². The second kappa shape index (κ2) is 9.82. The number of aliphatic hydroxyl groups is 3. The lowest BCUT2D eigenvalue weighted by Crippen LogP contribution is -2.58. The molecule has 0 radical (unpaired) electrons. The van der Waals surface area contributed by atoms with Crippen LogP contribution in [0.2, 0.25) is 0 Å². The molecule has 1 amide bonds. The van der Waals surface area contributed by atoms with Crippen LogP contribution in [0.4, 0.5) is 5.69 Å². The fourth-order valence-electron chi connectivity index (χ4n) is 6.52. The Balaban J connectivity index is 1.68. The molecule has 2 aromatic rings. The molecule has 9 heteroatoms. The number of nitrogens with two attached hydrogens (primary N) is 1. The molecule has 0 bridgehead atoms. The number of anilines is 1. The Morgan fingerprint density at radius 1 is 1.10 bits per heavy atom. The van der Waals surface area contributed by atoms with Crippen molar-refractivity contribution in [3.05, 3.63) is 63.9 Å². The van der Waals surface area contributed by atoms with Crippen LogP contribution in [0.25, 0.3) is 16.9 Å². The number of benzene rings is 2. The van der Waals surface area contributed by atoms with E-state index in [9.17, 15) is 34.8 Å². The number of hydrogen-bond donors (Lipinski definition) is 5. The average Bonchev–Trinajstić information content (AvgIpc) is 2.89. The predicted octanol–water partition coefficient (Wildman–Crippen LogP) is 3.50. The topological polar surface area (TPSA) is 161 Å². The molecule has 5 rings (SSSR count). The lowest BCUT2D eigenvalue weighted by Gasteiger charge is -2.46. The molecule has 9 nitrogen and oxygen atoms in total. The number of aryl methyl sites for hydroxylation is 1. The number of nitrogens with zero attached hydrogens (tertiary/aromatic N) is 1. The lowest BCUT2D eigenvalue weighted by molar-refractivity contribution is -0.147. The summed E-state index contributed by atoms with van der Waals surface area (Å²) in [7, 11) is 3.69. The van der Waals surface area contributed by atoms with E-state index in [1.54, 1.807) is 0 Å². The Kier molecular flexibility index (Phi) is 6.74. The lowest BCUT2D eigenvalue weighted by atomic mass is 9.59. The molecule has 0 heterocycles. The van der Waals surface area contributed by atoms with Crippen molar-refractivity contribution in [2.75, 3.05) is 19.0 Å². The van der Waals surface area contributed by atoms with E-state index >= 15 is 0 Å². The molecule has 1 fully saturated rings. The number of hydrogen-bond acceptors (Lipinski definition) is 8. The summed E-state index contributed by atoms with van der Waals surface area (Å²) in [5, 5.41) is 45.3. The van der Waals surface area contributed by atoms with E-state index in [0.29, 0.717) is 11.1 Å². The van der Waals surface area contributed by atoms with Gasteiger partial charge in [0.25, 0.3) is 5.91 Å². The molecular formula is C31H34N2O7. The summed E-state index contributed by atoms with van der Waals surface area (Å²) in [6.07, 6.45) is 3.10. The molecule has 210 valence electrons. The number of phenols is 1. The van der Waals surface area contributed by atoms with Gasteiger partial charge in [0.2, 0.25) is 5.78 Å². The third-order valence-electron chi connectivity index (χ3n) is 8.61. The van der Waals surface area contributed by atoms with Gasteiger partial charge in [-0.1, -0.05) is 37.6 Å². The SMILES string of the molecule is CCCCc1ccc(-c2cc(N(C)C)c3c(c2O)C(O)=C2C(=O)C4(O)C(O)=C(C(N)=O)C(=O)CC4CC2C3)cc1. The van der Waals surface area contributed by atoms with Crippen LogP contribution in [0.5, 0.6) is 5.75 Å². The zero-order chi connectivity index (χ0) is 29.1. The first kappa shape index (κ1) is 27.5. The summed E-state index contributed by atoms with van der Waals surface area (Å²) < 4.78 is 0. The van der Waals surface area contributed by atoms with E-state index < -0.39 is 52.0 Å². The van der Waals surface area contributed by atoms with Crippen LogP contribution in [0.3, 0.4) is 0 Å². The summed E-state index contributed by atoms with van der Waals surface area (Å²) in [6, 6.07) is 9.68. The Morgan fingerprint density at radius 3 is 2.38 bits per heavy atom. The first-order valence-electron chi connectivity index (χ1n) is 13.5. The average molecular weight is 547 g/mol. The molecule has 1 saturated carbocycles. The molecule has 3 unspecified atom stereocenters. The highest BCUT2D eigenvalue weighted by atomic mass is 16.3. The van der Waals surface area contributed by atoms with Crippen LogP contribution >= 0.6 is 0 Å². The highest BCUT2D eigenvalue weighted by molar-refractivity contribution is 6.22. The maximum atomic E-state index is 13.8. The van der Waals surface area contributed by atoms with Crippen LogP contribution in [-0.4, -0.2) is 57.6 Å². The Bertz CT molecular complexity index is 1500. The van der Waals surface area contributed by atoms with Crippen molar-refractivity contribution >= 4 is 28.9 Å². The fourth-order valence-corrected chi connectivity index (χ4v) is 6.52. The largest absolute Gasteiger partial charge is 0.508 e. The molecule has 3 aliphatic rings. The van der Waals surface area contributed by atoms with E-state index in [0.717, 1.165) is 30.5 Å². The van der Waals surface area contributed by atoms with Gasteiger partial charge < -0.3 is 31.1 Å². The minimum Gasteiger partial charge on any atom is -0.508 e. The van der Waals surface area contributed by atoms with Gasteiger partial charge in [-0.3, -0.25) is 14.4 Å². The van der Waals surface area contributed by atoms with Crippen molar-refractivity contribution in [3.63, 3.8) is 0 Å². The highest BCUT2D eigenvalue weighted by Gasteiger charge is 2.60. The standard InChI is InChI=1S/C31H34N2O7/c1-4-5-6-15-7-9-16(10-8-15)19-14-21(33(2)3)20-12-17-11-18-13-22(34)25(30(32)39)29(38)31(18,40)28(37)23(17)27(36)24(20)26(19)35/h7-10,14,17-18,35-36,38,40H,4-6,11-13H2,1-3H3,(H2,32,39). The second-order valence-corrected chi connectivity index (χ2v) is 11.2. The van der Waals surface area contributed by atoms with Crippen molar-refractivity contribution in [3.8, 4) is 16.9 Å². The zero-order valence-corrected chi connectivity index (χ0v) is 22.8. The summed E-state index contributed by atoms with van der Waals surface area (Å²) in [4.78, 5) is 40.1. The zero-order valence-electron chi connectivity index (χ0n) is 22.8. The number of ketones is 2. The van der Waals surface area contributed by atoms with Gasteiger partial charge in [-0.2, -0.15) is 0 Å². The van der Waals surface area contributed by atoms with E-state index in [1.807, 2.05) is 49.3 Å². The van der Waals surface area contributed by atoms with Gasteiger partial charge in [-0.25, -0.2) is 0 Å². The summed E-state index contributed by atoms with van der Waals surface area (Å²) in [6.45, 7) is 2.13. The van der Waals surface area contributed by atoms with Crippen LogP contribution in [0.1, 0.15) is 49.3 Å². The van der Waals surface area contributed by atoms with Crippen LogP contribution in [0, 0.1) is 11.8 Å². The molecule has 0 spiro atoms. The number of Topliss-reactive ketones (excluding diaryl/α,β-unsaturated/α-hetero) is 2. The molecule has 3 aliphatic carbocycles. The monoisotopic (exact) mass is 546 g/mol. The van der Waals surface area contributed by atoms with E-state index in [-0.39, 0.29) is 36.1 Å². The molecule has 40 heavy (non-hydrogen) atoms. The van der Waals surface area contributed by atoms with E-state index in [2.05, 4.69) is 6.92 Å². The highest BCUT2D eigenvalue weighted by Crippen LogP contribution is 2.54. The Hall–Kier alpha value is -4.11. The smallest absolute Gasteiger partial charge is 0.255 e. The van der Waals surface area contributed by atoms with Crippen molar-refractivity contribution in [2.45, 2.75) is 51.0 Å². The van der Waals surface area contributed by atoms with Crippen LogP contribution in [0.15, 0.2) is 47.2 Å². The minimum absolute atomic E-state index is 0.0865. The molecule has 0 saturated heterocycles. The Labute approximate surface area is 232 Å². The Morgan fingerprint density at radius 2 is 1.77 bits per heavy atom. The predicted molar refractivity (Wildman–Crippen MR) is 150 cm³/mol. The maximum Gasteiger partial charge on any atom is 0.255 e. The minimum atomic E-state index is -2.58.